The van der Waals surface area contributed by atoms with Crippen LogP contribution in [0.2, 0.25) is 0 Å². The molecule has 0 bridgehead atoms. The molecule has 0 aromatic carbocycles. The molecule has 0 N–H and O–H groups in total. The van der Waals surface area contributed by atoms with Crippen molar-refractivity contribution in [2.75, 3.05) is 0 Å². The Morgan fingerprint density at radius 3 is 2.73 bits per heavy atom. The average Bonchev–Trinajstić information content (AvgIpc) is 3.09. The normalized spacial score (nSPS) is 22.0. The second kappa shape index (κ2) is 5.99. The van der Waals surface area contributed by atoms with Crippen LogP contribution in [0.25, 0.3) is 11.7 Å². The van der Waals surface area contributed by atoms with Gasteiger partial charge in [0.25, 0.3) is 5.89 Å². The van der Waals surface area contributed by atoms with Gasteiger partial charge in [0.2, 0.25) is 5.91 Å². The number of likely N-dealkylation sites (tertiary alicyclic amines) is 1. The highest BCUT2D eigenvalue weighted by Gasteiger charge is 2.30. The third-order valence-corrected chi connectivity index (χ3v) is 4.42. The molecule has 0 spiro atoms. The molecule has 0 radical (unpaired) electrons. The predicted octanol–water partition coefficient (Wildman–Crippen LogP) is 3.58. The zero-order valence-corrected chi connectivity index (χ0v) is 13.3. The van der Waals surface area contributed by atoms with Gasteiger partial charge in [-0.05, 0) is 52.2 Å². The first kappa shape index (κ1) is 14.9. The molecule has 1 fully saturated rings. The molecule has 5 nitrogen and oxygen atoms in total. The molecule has 1 saturated heterocycles. The van der Waals surface area contributed by atoms with Crippen molar-refractivity contribution in [2.45, 2.75) is 58.5 Å². The van der Waals surface area contributed by atoms with Crippen molar-refractivity contribution in [1.29, 1.82) is 0 Å². The van der Waals surface area contributed by atoms with Crippen molar-refractivity contribution in [3.05, 3.63) is 29.9 Å². The monoisotopic (exact) mass is 302 g/mol. The Morgan fingerprint density at radius 1 is 1.36 bits per heavy atom. The molecule has 3 rings (SSSR count). The van der Waals surface area contributed by atoms with Gasteiger partial charge in [0, 0.05) is 12.1 Å². The van der Waals surface area contributed by atoms with E-state index in [1.807, 2.05) is 11.8 Å². The molecule has 2 aromatic heterocycles. The number of furan rings is 1. The van der Waals surface area contributed by atoms with E-state index >= 15 is 0 Å². The lowest BCUT2D eigenvalue weighted by molar-refractivity contribution is -0.136. The highest BCUT2D eigenvalue weighted by atomic mass is 16.4. The van der Waals surface area contributed by atoms with E-state index in [1.54, 1.807) is 18.4 Å². The summed E-state index contributed by atoms with van der Waals surface area (Å²) >= 11 is 0. The number of aryl methyl sites for hydroxylation is 1. The van der Waals surface area contributed by atoms with Gasteiger partial charge in [-0.3, -0.25) is 4.79 Å². The summed E-state index contributed by atoms with van der Waals surface area (Å²) in [5.41, 5.74) is 0.696. The van der Waals surface area contributed by atoms with Crippen LogP contribution in [0.15, 0.2) is 27.2 Å². The minimum atomic E-state index is 0.127. The molecular formula is C17H22N2O3. The van der Waals surface area contributed by atoms with Gasteiger partial charge in [0.15, 0.2) is 5.76 Å². The maximum absolute atomic E-state index is 12.7. The van der Waals surface area contributed by atoms with Crippen LogP contribution in [0.4, 0.5) is 0 Å². The van der Waals surface area contributed by atoms with Gasteiger partial charge in [-0.15, -0.1) is 0 Å². The summed E-state index contributed by atoms with van der Waals surface area (Å²) in [4.78, 5) is 19.1. The third-order valence-electron chi connectivity index (χ3n) is 4.42. The zero-order valence-electron chi connectivity index (χ0n) is 13.3. The van der Waals surface area contributed by atoms with Gasteiger partial charge >= 0.3 is 0 Å². The standard InChI is InChI=1S/C17H22N2O3/c1-11-6-4-7-12(2)19(11)16(20)10-14-13(3)22-17(18-14)15-8-5-9-21-15/h5,8-9,11-12H,4,6-7,10H2,1-3H3. The first-order valence-corrected chi connectivity index (χ1v) is 7.87. The van der Waals surface area contributed by atoms with Gasteiger partial charge < -0.3 is 13.7 Å². The van der Waals surface area contributed by atoms with Gasteiger partial charge in [-0.2, -0.15) is 0 Å². The van der Waals surface area contributed by atoms with Gasteiger partial charge in [-0.25, -0.2) is 4.98 Å². The van der Waals surface area contributed by atoms with Gasteiger partial charge in [-0.1, -0.05) is 0 Å². The average molecular weight is 302 g/mol. The number of carbonyl (C=O) groups excluding carboxylic acids is 1. The predicted molar refractivity (Wildman–Crippen MR) is 82.3 cm³/mol. The minimum absolute atomic E-state index is 0.127. The molecular weight excluding hydrogens is 280 g/mol. The van der Waals surface area contributed by atoms with E-state index in [-0.39, 0.29) is 12.3 Å². The van der Waals surface area contributed by atoms with Crippen LogP contribution in [-0.4, -0.2) is 27.9 Å². The number of amides is 1. The number of hydrogen-bond donors (Lipinski definition) is 0. The molecule has 1 aliphatic heterocycles. The van der Waals surface area contributed by atoms with E-state index in [1.165, 1.54) is 6.42 Å². The molecule has 2 atom stereocenters. The quantitative estimate of drug-likeness (QED) is 0.869. The Balaban J connectivity index is 1.76. The number of oxazole rings is 1. The zero-order chi connectivity index (χ0) is 15.7. The fraction of sp³-hybridized carbons (Fsp3) is 0.529. The van der Waals surface area contributed by atoms with E-state index in [0.717, 1.165) is 12.8 Å². The number of nitrogens with zero attached hydrogens (tertiary/aromatic N) is 2. The third kappa shape index (κ3) is 2.80. The number of hydrogen-bond acceptors (Lipinski definition) is 4. The van der Waals surface area contributed by atoms with Crippen molar-refractivity contribution < 1.29 is 13.6 Å². The highest BCUT2D eigenvalue weighted by molar-refractivity contribution is 5.79. The minimum Gasteiger partial charge on any atom is -0.459 e. The summed E-state index contributed by atoms with van der Waals surface area (Å²) in [6.45, 7) is 6.08. The summed E-state index contributed by atoms with van der Waals surface area (Å²) in [5, 5.41) is 0. The molecule has 2 aromatic rings. The Labute approximate surface area is 130 Å². The van der Waals surface area contributed by atoms with Crippen LogP contribution >= 0.6 is 0 Å². The first-order chi connectivity index (χ1) is 10.6. The Morgan fingerprint density at radius 2 is 2.09 bits per heavy atom. The fourth-order valence-electron chi connectivity index (χ4n) is 3.25. The lowest BCUT2D eigenvalue weighted by atomic mass is 9.97. The van der Waals surface area contributed by atoms with Crippen molar-refractivity contribution in [1.82, 2.24) is 9.88 Å². The molecule has 118 valence electrons. The molecule has 3 heterocycles. The summed E-state index contributed by atoms with van der Waals surface area (Å²) in [6.07, 6.45) is 5.20. The summed E-state index contributed by atoms with van der Waals surface area (Å²) in [5.74, 6) is 1.82. The number of aromatic nitrogens is 1. The smallest absolute Gasteiger partial charge is 0.263 e. The molecule has 5 heteroatoms. The molecule has 0 aliphatic carbocycles. The Hall–Kier alpha value is -2.04. The lowest BCUT2D eigenvalue weighted by Crippen LogP contribution is -2.48. The SMILES string of the molecule is Cc1oc(-c2ccco2)nc1CC(=O)N1C(C)CCCC1C. The van der Waals surface area contributed by atoms with Crippen LogP contribution in [0.3, 0.4) is 0 Å². The second-order valence-electron chi connectivity index (χ2n) is 6.11. The summed E-state index contributed by atoms with van der Waals surface area (Å²) < 4.78 is 10.9. The maximum atomic E-state index is 12.7. The van der Waals surface area contributed by atoms with Gasteiger partial charge in [0.1, 0.15) is 5.76 Å². The fourth-order valence-corrected chi connectivity index (χ4v) is 3.25. The van der Waals surface area contributed by atoms with Crippen LogP contribution in [-0.2, 0) is 11.2 Å². The van der Waals surface area contributed by atoms with E-state index < -0.39 is 0 Å². The van der Waals surface area contributed by atoms with Crippen molar-refractivity contribution >= 4 is 5.91 Å². The number of rotatable bonds is 3. The molecule has 1 aliphatic rings. The molecule has 2 unspecified atom stereocenters. The number of carbonyl (C=O) groups is 1. The highest BCUT2D eigenvalue weighted by Crippen LogP contribution is 2.26. The van der Waals surface area contributed by atoms with Crippen molar-refractivity contribution in [3.8, 4) is 11.7 Å². The van der Waals surface area contributed by atoms with Crippen LogP contribution in [0, 0.1) is 6.92 Å². The largest absolute Gasteiger partial charge is 0.459 e. The van der Waals surface area contributed by atoms with E-state index in [9.17, 15) is 4.79 Å². The summed E-state index contributed by atoms with van der Waals surface area (Å²) in [6, 6.07) is 4.18. The lowest BCUT2D eigenvalue weighted by Gasteiger charge is -2.39. The van der Waals surface area contributed by atoms with Crippen LogP contribution in [0.1, 0.15) is 44.6 Å². The Kier molecular flexibility index (Phi) is 4.05. The van der Waals surface area contributed by atoms with E-state index in [2.05, 4.69) is 18.8 Å². The van der Waals surface area contributed by atoms with E-state index in [4.69, 9.17) is 8.83 Å². The van der Waals surface area contributed by atoms with E-state index in [0.29, 0.717) is 35.2 Å². The van der Waals surface area contributed by atoms with Crippen LogP contribution in [0.5, 0.6) is 0 Å². The number of piperidine rings is 1. The van der Waals surface area contributed by atoms with Crippen LogP contribution < -0.4 is 0 Å². The molecule has 22 heavy (non-hydrogen) atoms. The topological polar surface area (TPSA) is 59.5 Å². The second-order valence-corrected chi connectivity index (χ2v) is 6.11. The first-order valence-electron chi connectivity index (χ1n) is 7.87. The molecule has 1 amide bonds. The van der Waals surface area contributed by atoms with Gasteiger partial charge in [0.05, 0.1) is 18.4 Å². The van der Waals surface area contributed by atoms with Crippen molar-refractivity contribution in [3.63, 3.8) is 0 Å². The van der Waals surface area contributed by atoms with Crippen molar-refractivity contribution in [2.24, 2.45) is 0 Å². The maximum Gasteiger partial charge on any atom is 0.263 e. The summed E-state index contributed by atoms with van der Waals surface area (Å²) in [7, 11) is 0. The Bertz CT molecular complexity index is 635. The molecule has 0 saturated carbocycles.